The molecule has 1 atom stereocenters. The molecule has 4 rings (SSSR count). The van der Waals surface area contributed by atoms with Crippen LogP contribution in [0.4, 0.5) is 5.69 Å². The maximum absolute atomic E-state index is 13.8. The third-order valence-corrected chi connectivity index (χ3v) is 6.62. The van der Waals surface area contributed by atoms with Crippen LogP contribution >= 0.6 is 11.6 Å². The van der Waals surface area contributed by atoms with E-state index in [0.717, 1.165) is 39.2 Å². The Hall–Kier alpha value is -2.59. The minimum atomic E-state index is -0.776. The monoisotopic (exact) mass is 422 g/mol. The third kappa shape index (κ3) is 3.05. The SMILES string of the molecule is Cc1cc(-c2c(C)noc2C)c(Cl)c2c1NC(C)(C)C(=O)C2(C)Cc1ccccc1. The van der Waals surface area contributed by atoms with Crippen LogP contribution < -0.4 is 5.32 Å². The Morgan fingerprint density at radius 1 is 1.10 bits per heavy atom. The Morgan fingerprint density at radius 2 is 1.77 bits per heavy atom. The molecule has 0 fully saturated rings. The summed E-state index contributed by atoms with van der Waals surface area (Å²) in [5.41, 5.74) is 5.01. The van der Waals surface area contributed by atoms with E-state index in [-0.39, 0.29) is 5.78 Å². The van der Waals surface area contributed by atoms with Gasteiger partial charge in [0.1, 0.15) is 5.76 Å². The fraction of sp³-hybridized carbons (Fsp3) is 0.360. The highest BCUT2D eigenvalue weighted by molar-refractivity contribution is 6.35. The molecular formula is C25H27ClN2O2. The number of nitrogens with one attached hydrogen (secondary N) is 1. The second-order valence-corrected chi connectivity index (χ2v) is 9.46. The lowest BCUT2D eigenvalue weighted by Crippen LogP contribution is -2.56. The molecule has 2 aromatic carbocycles. The number of aromatic nitrogens is 1. The number of carbonyl (C=O) groups excluding carboxylic acids is 1. The molecule has 30 heavy (non-hydrogen) atoms. The molecule has 1 aromatic heterocycles. The molecule has 0 spiro atoms. The quantitative estimate of drug-likeness (QED) is 0.546. The Kier molecular flexibility index (Phi) is 4.81. The molecule has 1 aliphatic heterocycles. The van der Waals surface area contributed by atoms with E-state index >= 15 is 0 Å². The highest BCUT2D eigenvalue weighted by Gasteiger charge is 2.50. The molecule has 0 amide bonds. The lowest BCUT2D eigenvalue weighted by molar-refractivity contribution is -0.128. The number of hydrogen-bond acceptors (Lipinski definition) is 4. The van der Waals surface area contributed by atoms with Gasteiger partial charge in [-0.15, -0.1) is 0 Å². The average molecular weight is 423 g/mol. The Morgan fingerprint density at radius 3 is 2.37 bits per heavy atom. The predicted molar refractivity (Wildman–Crippen MR) is 121 cm³/mol. The van der Waals surface area contributed by atoms with Gasteiger partial charge in [-0.2, -0.15) is 0 Å². The van der Waals surface area contributed by atoms with Gasteiger partial charge >= 0.3 is 0 Å². The Labute approximate surface area is 182 Å². The van der Waals surface area contributed by atoms with Crippen LogP contribution in [0.25, 0.3) is 11.1 Å². The zero-order chi connectivity index (χ0) is 21.8. The van der Waals surface area contributed by atoms with E-state index in [2.05, 4.69) is 35.6 Å². The van der Waals surface area contributed by atoms with E-state index in [9.17, 15) is 4.79 Å². The molecule has 0 bridgehead atoms. The lowest BCUT2D eigenvalue weighted by atomic mass is 9.65. The number of anilines is 1. The van der Waals surface area contributed by atoms with Gasteiger partial charge in [-0.1, -0.05) is 47.1 Å². The smallest absolute Gasteiger partial charge is 0.168 e. The molecule has 0 saturated carbocycles. The zero-order valence-electron chi connectivity index (χ0n) is 18.3. The van der Waals surface area contributed by atoms with Gasteiger partial charge < -0.3 is 9.84 Å². The van der Waals surface area contributed by atoms with Crippen molar-refractivity contribution in [3.63, 3.8) is 0 Å². The lowest BCUT2D eigenvalue weighted by Gasteiger charge is -2.45. The van der Waals surface area contributed by atoms with Crippen LogP contribution in [0.15, 0.2) is 40.9 Å². The molecule has 5 heteroatoms. The van der Waals surface area contributed by atoms with Gasteiger partial charge in [0.05, 0.1) is 21.7 Å². The summed E-state index contributed by atoms with van der Waals surface area (Å²) in [6.45, 7) is 11.8. The summed E-state index contributed by atoms with van der Waals surface area (Å²) >= 11 is 7.08. The first-order chi connectivity index (χ1) is 14.1. The molecule has 156 valence electrons. The number of fused-ring (bicyclic) bond motifs is 1. The zero-order valence-corrected chi connectivity index (χ0v) is 19.1. The number of carbonyl (C=O) groups is 1. The van der Waals surface area contributed by atoms with Crippen LogP contribution in [0.5, 0.6) is 0 Å². The van der Waals surface area contributed by atoms with Gasteiger partial charge in [-0.25, -0.2) is 0 Å². The number of halogens is 1. The minimum absolute atomic E-state index is 0.128. The van der Waals surface area contributed by atoms with Gasteiger partial charge in [0.25, 0.3) is 0 Å². The summed E-state index contributed by atoms with van der Waals surface area (Å²) in [5.74, 6) is 0.845. The van der Waals surface area contributed by atoms with Gasteiger partial charge in [0.15, 0.2) is 5.78 Å². The molecule has 0 radical (unpaired) electrons. The van der Waals surface area contributed by atoms with E-state index in [1.54, 1.807) is 0 Å². The minimum Gasteiger partial charge on any atom is -0.373 e. The molecular weight excluding hydrogens is 396 g/mol. The maximum atomic E-state index is 13.8. The molecule has 1 unspecified atom stereocenters. The average Bonchev–Trinajstić information content (AvgIpc) is 3.02. The molecule has 2 heterocycles. The largest absolute Gasteiger partial charge is 0.373 e. The van der Waals surface area contributed by atoms with Crippen LogP contribution in [0.3, 0.4) is 0 Å². The number of rotatable bonds is 3. The standard InChI is InChI=1S/C25H27ClN2O2/c1-14-12-18(19-15(2)28-30-16(19)3)21(26)20-22(14)27-24(4,5)23(29)25(20,6)13-17-10-8-7-9-11-17/h7-12,27H,13H2,1-6H3. The van der Waals surface area contributed by atoms with Gasteiger partial charge in [-0.3, -0.25) is 4.79 Å². The highest BCUT2D eigenvalue weighted by atomic mass is 35.5. The molecule has 3 aromatic rings. The molecule has 1 N–H and O–H groups in total. The van der Waals surface area contributed by atoms with Crippen molar-refractivity contribution in [3.8, 4) is 11.1 Å². The van der Waals surface area contributed by atoms with E-state index in [0.29, 0.717) is 17.2 Å². The van der Waals surface area contributed by atoms with Gasteiger partial charge in [0, 0.05) is 22.4 Å². The van der Waals surface area contributed by atoms with E-state index in [1.165, 1.54) is 0 Å². The molecule has 0 aliphatic carbocycles. The van der Waals surface area contributed by atoms with E-state index in [1.807, 2.05) is 52.8 Å². The topological polar surface area (TPSA) is 55.1 Å². The third-order valence-electron chi connectivity index (χ3n) is 6.22. The summed E-state index contributed by atoms with van der Waals surface area (Å²) in [6.07, 6.45) is 0.578. The van der Waals surface area contributed by atoms with Gasteiger partial charge in [-0.05, 0) is 65.2 Å². The van der Waals surface area contributed by atoms with Crippen LogP contribution in [-0.2, 0) is 16.6 Å². The number of hydrogen-bond donors (Lipinski definition) is 1. The number of benzene rings is 2. The number of aryl methyl sites for hydroxylation is 3. The van der Waals surface area contributed by atoms with Crippen molar-refractivity contribution in [2.24, 2.45) is 0 Å². The predicted octanol–water partition coefficient (Wildman–Crippen LogP) is 6.19. The van der Waals surface area contributed by atoms with Crippen molar-refractivity contribution in [3.05, 3.63) is 69.6 Å². The van der Waals surface area contributed by atoms with Crippen LogP contribution in [0.2, 0.25) is 5.02 Å². The normalized spacial score (nSPS) is 20.0. The highest BCUT2D eigenvalue weighted by Crippen LogP contribution is 2.50. The number of nitrogens with zero attached hydrogens (tertiary/aromatic N) is 1. The van der Waals surface area contributed by atoms with Crippen molar-refractivity contribution in [1.82, 2.24) is 5.16 Å². The maximum Gasteiger partial charge on any atom is 0.168 e. The Bertz CT molecular complexity index is 1130. The first kappa shape index (κ1) is 20.7. The summed E-state index contributed by atoms with van der Waals surface area (Å²) in [4.78, 5) is 13.8. The van der Waals surface area contributed by atoms with E-state index in [4.69, 9.17) is 16.1 Å². The van der Waals surface area contributed by atoms with Crippen LogP contribution in [-0.4, -0.2) is 16.5 Å². The van der Waals surface area contributed by atoms with Gasteiger partial charge in [0.2, 0.25) is 0 Å². The van der Waals surface area contributed by atoms with Crippen molar-refractivity contribution in [2.45, 2.75) is 58.9 Å². The first-order valence-electron chi connectivity index (χ1n) is 10.2. The van der Waals surface area contributed by atoms with Crippen molar-refractivity contribution in [1.29, 1.82) is 0 Å². The number of Topliss-reactive ketones (excluding diaryl/α,β-unsaturated/α-hetero) is 1. The van der Waals surface area contributed by atoms with Crippen molar-refractivity contribution in [2.75, 3.05) is 5.32 Å². The van der Waals surface area contributed by atoms with Crippen LogP contribution in [0.1, 0.15) is 48.9 Å². The molecule has 0 saturated heterocycles. The van der Waals surface area contributed by atoms with Crippen molar-refractivity contribution >= 4 is 23.1 Å². The molecule has 1 aliphatic rings. The summed E-state index contributed by atoms with van der Waals surface area (Å²) in [6, 6.07) is 12.2. The first-order valence-corrected chi connectivity index (χ1v) is 10.6. The molecule has 4 nitrogen and oxygen atoms in total. The Balaban J connectivity index is 2.02. The second kappa shape index (κ2) is 6.98. The van der Waals surface area contributed by atoms with Crippen LogP contribution in [0, 0.1) is 20.8 Å². The summed E-state index contributed by atoms with van der Waals surface area (Å²) in [5, 5.41) is 8.15. The van der Waals surface area contributed by atoms with Crippen molar-refractivity contribution < 1.29 is 9.32 Å². The fourth-order valence-electron chi connectivity index (χ4n) is 4.87. The fourth-order valence-corrected chi connectivity index (χ4v) is 5.32. The number of ketones is 1. The summed E-state index contributed by atoms with van der Waals surface area (Å²) < 4.78 is 5.40. The van der Waals surface area contributed by atoms with E-state index < -0.39 is 11.0 Å². The summed E-state index contributed by atoms with van der Waals surface area (Å²) in [7, 11) is 0. The second-order valence-electron chi connectivity index (χ2n) is 9.08.